The monoisotopic (exact) mass is 545 g/mol. The molecule has 1 aliphatic rings. The Morgan fingerprint density at radius 1 is 0.737 bits per heavy atom. The van der Waals surface area contributed by atoms with Gasteiger partial charge in [-0.3, -0.25) is 9.10 Å². The molecule has 1 aliphatic heterocycles. The van der Waals surface area contributed by atoms with Crippen LogP contribution in [0.4, 0.5) is 11.4 Å². The third kappa shape index (κ3) is 5.54. The van der Waals surface area contributed by atoms with Crippen LogP contribution >= 0.6 is 11.6 Å². The maximum Gasteiger partial charge on any atom is 0.264 e. The minimum Gasteiger partial charge on any atom is -0.368 e. The molecule has 5 rings (SSSR count). The van der Waals surface area contributed by atoms with Crippen molar-refractivity contribution in [1.82, 2.24) is 4.90 Å². The normalized spacial score (nSPS) is 13.8. The molecular formula is C30H28ClN3O3S. The summed E-state index contributed by atoms with van der Waals surface area (Å²) in [6, 6.07) is 32.4. The van der Waals surface area contributed by atoms with Crippen LogP contribution in [0.1, 0.15) is 15.9 Å². The van der Waals surface area contributed by atoms with Crippen LogP contribution < -0.4 is 9.21 Å². The Labute approximate surface area is 228 Å². The number of anilines is 2. The predicted octanol–water partition coefficient (Wildman–Crippen LogP) is 5.70. The fourth-order valence-electron chi connectivity index (χ4n) is 4.58. The van der Waals surface area contributed by atoms with E-state index in [-0.39, 0.29) is 17.3 Å². The lowest BCUT2D eigenvalue weighted by atomic mass is 10.1. The smallest absolute Gasteiger partial charge is 0.264 e. The van der Waals surface area contributed by atoms with Crippen LogP contribution in [-0.2, 0) is 16.6 Å². The first-order valence-corrected chi connectivity index (χ1v) is 14.3. The van der Waals surface area contributed by atoms with Crippen LogP contribution in [0.2, 0.25) is 5.02 Å². The van der Waals surface area contributed by atoms with Gasteiger partial charge in [-0.25, -0.2) is 8.42 Å². The minimum absolute atomic E-state index is 0.0612. The third-order valence-electron chi connectivity index (χ3n) is 6.69. The van der Waals surface area contributed by atoms with E-state index in [4.69, 9.17) is 11.6 Å². The number of para-hydroxylation sites is 1. The Morgan fingerprint density at radius 3 is 1.95 bits per heavy atom. The highest BCUT2D eigenvalue weighted by Crippen LogP contribution is 2.29. The number of carbonyl (C=O) groups excluding carboxylic acids is 1. The van der Waals surface area contributed by atoms with Crippen molar-refractivity contribution >= 4 is 38.9 Å². The molecule has 0 atom stereocenters. The summed E-state index contributed by atoms with van der Waals surface area (Å²) in [5.74, 6) is -0.0622. The van der Waals surface area contributed by atoms with Crippen LogP contribution in [0.5, 0.6) is 0 Å². The van der Waals surface area contributed by atoms with E-state index in [0.717, 1.165) is 18.8 Å². The lowest BCUT2D eigenvalue weighted by Crippen LogP contribution is -2.48. The van der Waals surface area contributed by atoms with Crippen molar-refractivity contribution in [3.05, 3.63) is 125 Å². The topological polar surface area (TPSA) is 60.9 Å². The molecule has 4 aromatic carbocycles. The maximum absolute atomic E-state index is 13.7. The fraction of sp³-hybridized carbons (Fsp3) is 0.167. The number of carbonyl (C=O) groups is 1. The number of benzene rings is 4. The van der Waals surface area contributed by atoms with Gasteiger partial charge in [-0.1, -0.05) is 66.2 Å². The van der Waals surface area contributed by atoms with Gasteiger partial charge in [-0.15, -0.1) is 0 Å². The second kappa shape index (κ2) is 11.3. The SMILES string of the molecule is O=C(c1ccc(N(Cc2ccccc2Cl)S(=O)(=O)c2ccccc2)cc1)N1CCN(c2ccccc2)CC1. The molecule has 4 aromatic rings. The van der Waals surface area contributed by atoms with Gasteiger partial charge in [0.05, 0.1) is 17.1 Å². The van der Waals surface area contributed by atoms with Crippen molar-refractivity contribution < 1.29 is 13.2 Å². The van der Waals surface area contributed by atoms with Crippen molar-refractivity contribution in [2.75, 3.05) is 35.4 Å². The molecule has 1 heterocycles. The van der Waals surface area contributed by atoms with Crippen molar-refractivity contribution in [3.63, 3.8) is 0 Å². The molecule has 0 bridgehead atoms. The van der Waals surface area contributed by atoms with E-state index in [1.54, 1.807) is 60.7 Å². The fourth-order valence-corrected chi connectivity index (χ4v) is 6.23. The number of hydrogen-bond acceptors (Lipinski definition) is 4. The molecule has 0 saturated carbocycles. The third-order valence-corrected chi connectivity index (χ3v) is 8.85. The molecule has 38 heavy (non-hydrogen) atoms. The summed E-state index contributed by atoms with van der Waals surface area (Å²) in [7, 11) is -3.88. The summed E-state index contributed by atoms with van der Waals surface area (Å²) in [5.41, 5.74) is 2.82. The van der Waals surface area contributed by atoms with Crippen molar-refractivity contribution in [3.8, 4) is 0 Å². The first-order chi connectivity index (χ1) is 18.4. The molecule has 0 spiro atoms. The molecule has 194 valence electrons. The Balaban J connectivity index is 1.36. The predicted molar refractivity (Wildman–Crippen MR) is 152 cm³/mol. The molecular weight excluding hydrogens is 518 g/mol. The first kappa shape index (κ1) is 25.8. The lowest BCUT2D eigenvalue weighted by molar-refractivity contribution is 0.0747. The van der Waals surface area contributed by atoms with Gasteiger partial charge >= 0.3 is 0 Å². The Morgan fingerprint density at radius 2 is 1.32 bits per heavy atom. The van der Waals surface area contributed by atoms with Crippen LogP contribution in [0.3, 0.4) is 0 Å². The largest absolute Gasteiger partial charge is 0.368 e. The highest BCUT2D eigenvalue weighted by Gasteiger charge is 2.27. The van der Waals surface area contributed by atoms with E-state index in [0.29, 0.717) is 34.9 Å². The van der Waals surface area contributed by atoms with Gasteiger partial charge in [-0.05, 0) is 60.2 Å². The Hall–Kier alpha value is -3.81. The zero-order chi connectivity index (χ0) is 26.5. The summed E-state index contributed by atoms with van der Waals surface area (Å²) in [5, 5.41) is 0.488. The van der Waals surface area contributed by atoms with Crippen LogP contribution in [0.15, 0.2) is 114 Å². The van der Waals surface area contributed by atoms with Gasteiger partial charge in [0.15, 0.2) is 0 Å². The molecule has 0 N–H and O–H groups in total. The summed E-state index contributed by atoms with van der Waals surface area (Å²) < 4.78 is 28.7. The molecule has 8 heteroatoms. The number of sulfonamides is 1. The zero-order valence-corrected chi connectivity index (χ0v) is 22.4. The second-order valence-corrected chi connectivity index (χ2v) is 11.3. The minimum atomic E-state index is -3.88. The van der Waals surface area contributed by atoms with E-state index in [1.165, 1.54) is 4.31 Å². The van der Waals surface area contributed by atoms with Crippen LogP contribution in [-0.4, -0.2) is 45.4 Å². The van der Waals surface area contributed by atoms with Gasteiger partial charge < -0.3 is 9.80 Å². The number of halogens is 1. The lowest BCUT2D eigenvalue weighted by Gasteiger charge is -2.36. The summed E-state index contributed by atoms with van der Waals surface area (Å²) >= 11 is 6.38. The van der Waals surface area contributed by atoms with E-state index < -0.39 is 10.0 Å². The van der Waals surface area contributed by atoms with Gasteiger partial charge in [0.25, 0.3) is 15.9 Å². The number of piperazine rings is 1. The molecule has 1 saturated heterocycles. The van der Waals surface area contributed by atoms with Gasteiger partial charge in [0, 0.05) is 42.5 Å². The van der Waals surface area contributed by atoms with Crippen LogP contribution in [0.25, 0.3) is 0 Å². The molecule has 0 aromatic heterocycles. The number of rotatable bonds is 7. The molecule has 1 amide bonds. The quantitative estimate of drug-likeness (QED) is 0.299. The highest BCUT2D eigenvalue weighted by atomic mass is 35.5. The molecule has 0 radical (unpaired) electrons. The number of hydrogen-bond donors (Lipinski definition) is 0. The van der Waals surface area contributed by atoms with Gasteiger partial charge in [0.2, 0.25) is 0 Å². The molecule has 6 nitrogen and oxygen atoms in total. The van der Waals surface area contributed by atoms with Crippen molar-refractivity contribution in [2.24, 2.45) is 0 Å². The summed E-state index contributed by atoms with van der Waals surface area (Å²) in [6.07, 6.45) is 0. The molecule has 0 unspecified atom stereocenters. The van der Waals surface area contributed by atoms with Gasteiger partial charge in [0.1, 0.15) is 0 Å². The van der Waals surface area contributed by atoms with E-state index >= 15 is 0 Å². The number of nitrogens with zero attached hydrogens (tertiary/aromatic N) is 3. The van der Waals surface area contributed by atoms with Crippen molar-refractivity contribution in [2.45, 2.75) is 11.4 Å². The van der Waals surface area contributed by atoms with Crippen LogP contribution in [0, 0.1) is 0 Å². The average Bonchev–Trinajstić information content (AvgIpc) is 2.97. The second-order valence-electron chi connectivity index (χ2n) is 9.08. The standard InChI is InChI=1S/C30H28ClN3O3S/c31-29-14-8-7-9-25(29)23-34(38(36,37)28-12-5-2-6-13-28)27-17-15-24(16-18-27)30(35)33-21-19-32(20-22-33)26-10-3-1-4-11-26/h1-18H,19-23H2. The highest BCUT2D eigenvalue weighted by molar-refractivity contribution is 7.92. The Bertz CT molecular complexity index is 1490. The zero-order valence-electron chi connectivity index (χ0n) is 20.8. The van der Waals surface area contributed by atoms with E-state index in [9.17, 15) is 13.2 Å². The Kier molecular flexibility index (Phi) is 7.67. The van der Waals surface area contributed by atoms with Gasteiger partial charge in [-0.2, -0.15) is 0 Å². The van der Waals surface area contributed by atoms with E-state index in [2.05, 4.69) is 17.0 Å². The summed E-state index contributed by atoms with van der Waals surface area (Å²) in [6.45, 7) is 2.82. The maximum atomic E-state index is 13.7. The average molecular weight is 546 g/mol. The first-order valence-electron chi connectivity index (χ1n) is 12.4. The van der Waals surface area contributed by atoms with Crippen molar-refractivity contribution in [1.29, 1.82) is 0 Å². The number of amides is 1. The summed E-state index contributed by atoms with van der Waals surface area (Å²) in [4.78, 5) is 17.5. The molecule has 1 fully saturated rings. The molecule has 0 aliphatic carbocycles. The van der Waals surface area contributed by atoms with E-state index in [1.807, 2.05) is 41.3 Å².